The summed E-state index contributed by atoms with van der Waals surface area (Å²) in [5.41, 5.74) is 3.23. The van der Waals surface area contributed by atoms with Crippen LogP contribution < -0.4 is 15.1 Å². The Labute approximate surface area is 114 Å². The van der Waals surface area contributed by atoms with Crippen LogP contribution in [0.2, 0.25) is 0 Å². The topological polar surface area (TPSA) is 31.4 Å². The molecule has 1 aliphatic carbocycles. The number of fused-ring (bicyclic) bond motifs is 4. The molecule has 2 fully saturated rings. The van der Waals surface area contributed by atoms with E-state index in [4.69, 9.17) is 4.98 Å². The summed E-state index contributed by atoms with van der Waals surface area (Å²) in [7, 11) is 2.17. The lowest BCUT2D eigenvalue weighted by molar-refractivity contribution is 0.672. The quantitative estimate of drug-likeness (QED) is 0.894. The second kappa shape index (κ2) is 3.89. The van der Waals surface area contributed by atoms with Crippen molar-refractivity contribution < 1.29 is 0 Å². The summed E-state index contributed by atoms with van der Waals surface area (Å²) in [5, 5.41) is 3.44. The molecule has 4 rings (SSSR count). The summed E-state index contributed by atoms with van der Waals surface area (Å²) in [6.45, 7) is 6.43. The number of pyridine rings is 1. The summed E-state index contributed by atoms with van der Waals surface area (Å²) < 4.78 is 0. The zero-order valence-electron chi connectivity index (χ0n) is 11.4. The van der Waals surface area contributed by atoms with E-state index in [1.165, 1.54) is 24.9 Å². The smallest absolute Gasteiger partial charge is 0.153 e. The summed E-state index contributed by atoms with van der Waals surface area (Å²) in [6, 6.07) is 5.56. The minimum Gasteiger partial charge on any atom is -0.381 e. The van der Waals surface area contributed by atoms with Gasteiger partial charge < -0.3 is 15.1 Å². The van der Waals surface area contributed by atoms with Gasteiger partial charge in [-0.1, -0.05) is 6.58 Å². The predicted octanol–water partition coefficient (Wildman–Crippen LogP) is 1.83. The number of anilines is 2. The fourth-order valence-electron chi connectivity index (χ4n) is 3.11. The molecule has 1 saturated carbocycles. The molecule has 3 heterocycles. The lowest BCUT2D eigenvalue weighted by Crippen LogP contribution is -2.40. The third kappa shape index (κ3) is 1.78. The van der Waals surface area contributed by atoms with E-state index in [1.807, 2.05) is 0 Å². The maximum absolute atomic E-state index is 4.84. The van der Waals surface area contributed by atoms with Crippen LogP contribution in [0.1, 0.15) is 25.0 Å². The van der Waals surface area contributed by atoms with E-state index in [9.17, 15) is 0 Å². The van der Waals surface area contributed by atoms with E-state index in [1.54, 1.807) is 0 Å². The molecule has 19 heavy (non-hydrogen) atoms. The van der Waals surface area contributed by atoms with Crippen LogP contribution in [0.3, 0.4) is 0 Å². The molecule has 4 nitrogen and oxygen atoms in total. The summed E-state index contributed by atoms with van der Waals surface area (Å²) in [4.78, 5) is 9.63. The first kappa shape index (κ1) is 11.1. The first-order valence-corrected chi connectivity index (χ1v) is 7.17. The Morgan fingerprint density at radius 2 is 2.21 bits per heavy atom. The van der Waals surface area contributed by atoms with Gasteiger partial charge in [0.2, 0.25) is 0 Å². The van der Waals surface area contributed by atoms with Crippen molar-refractivity contribution in [1.29, 1.82) is 0 Å². The van der Waals surface area contributed by atoms with Gasteiger partial charge in [-0.15, -0.1) is 0 Å². The predicted molar refractivity (Wildman–Crippen MR) is 78.4 cm³/mol. The Kier molecular flexibility index (Phi) is 2.28. The average molecular weight is 256 g/mol. The van der Waals surface area contributed by atoms with E-state index in [0.717, 1.165) is 30.3 Å². The first-order valence-electron chi connectivity index (χ1n) is 7.17. The number of hydrogen-bond donors (Lipinski definition) is 1. The normalized spacial score (nSPS) is 24.4. The van der Waals surface area contributed by atoms with Crippen molar-refractivity contribution >= 4 is 17.2 Å². The highest BCUT2D eigenvalue weighted by atomic mass is 15.3. The fourth-order valence-corrected chi connectivity index (χ4v) is 3.11. The third-order valence-electron chi connectivity index (χ3n) is 4.51. The van der Waals surface area contributed by atoms with Crippen molar-refractivity contribution in [2.45, 2.75) is 31.3 Å². The van der Waals surface area contributed by atoms with Crippen LogP contribution in [0.15, 0.2) is 18.7 Å². The molecule has 0 radical (unpaired) electrons. The molecule has 1 aromatic rings. The van der Waals surface area contributed by atoms with E-state index in [2.05, 4.69) is 40.9 Å². The van der Waals surface area contributed by atoms with E-state index in [-0.39, 0.29) is 0 Å². The van der Waals surface area contributed by atoms with E-state index < -0.39 is 0 Å². The number of hydrogen-bond acceptors (Lipinski definition) is 4. The number of nitrogens with one attached hydrogen (secondary N) is 1. The highest BCUT2D eigenvalue weighted by Crippen LogP contribution is 2.38. The maximum Gasteiger partial charge on any atom is 0.153 e. The Morgan fingerprint density at radius 1 is 1.37 bits per heavy atom. The molecule has 1 N–H and O–H groups in total. The monoisotopic (exact) mass is 256 g/mol. The molecule has 100 valence electrons. The molecule has 3 aliphatic rings. The van der Waals surface area contributed by atoms with Crippen LogP contribution in [-0.4, -0.2) is 37.2 Å². The van der Waals surface area contributed by atoms with E-state index >= 15 is 0 Å². The highest BCUT2D eigenvalue weighted by molar-refractivity contribution is 5.74. The fraction of sp³-hybridized carbons (Fsp3) is 0.533. The van der Waals surface area contributed by atoms with Crippen molar-refractivity contribution in [3.05, 3.63) is 24.4 Å². The summed E-state index contributed by atoms with van der Waals surface area (Å²) in [6.07, 6.45) is 3.77. The van der Waals surface area contributed by atoms with Gasteiger partial charge in [0.25, 0.3) is 0 Å². The molecule has 0 aromatic carbocycles. The standard InChI is InChI=1S/C15H20N4/c1-10(16-11-3-4-11)13-5-6-14-15(17-13)18(2)12-7-8-19(14)9-12/h5-6,11-12,16H,1,3-4,7-9H2,2H3/t12-/m0/s1. The Morgan fingerprint density at radius 3 is 3.00 bits per heavy atom. The summed E-state index contributed by atoms with van der Waals surface area (Å²) >= 11 is 0. The maximum atomic E-state index is 4.84. The summed E-state index contributed by atoms with van der Waals surface area (Å²) in [5.74, 6) is 1.12. The van der Waals surface area contributed by atoms with Gasteiger partial charge in [-0.05, 0) is 31.4 Å². The second-order valence-corrected chi connectivity index (χ2v) is 5.94. The third-order valence-corrected chi connectivity index (χ3v) is 4.51. The molecule has 0 amide bonds. The van der Waals surface area contributed by atoms with E-state index in [0.29, 0.717) is 12.1 Å². The SMILES string of the molecule is C=C(NC1CC1)c1ccc2c(n1)N(C)[C@H]1CCN2C1. The van der Waals surface area contributed by atoms with Crippen LogP contribution in [0.5, 0.6) is 0 Å². The van der Waals surface area contributed by atoms with Crippen molar-refractivity contribution in [3.8, 4) is 0 Å². The average Bonchev–Trinajstić information content (AvgIpc) is 3.12. The lowest BCUT2D eigenvalue weighted by atomic mass is 10.2. The molecular weight excluding hydrogens is 236 g/mol. The Bertz CT molecular complexity index is 535. The number of nitrogens with zero attached hydrogens (tertiary/aromatic N) is 3. The van der Waals surface area contributed by atoms with Gasteiger partial charge in [0, 0.05) is 32.2 Å². The van der Waals surface area contributed by atoms with Gasteiger partial charge in [0.1, 0.15) is 0 Å². The number of aromatic nitrogens is 1. The van der Waals surface area contributed by atoms with Gasteiger partial charge >= 0.3 is 0 Å². The minimum atomic E-state index is 0.625. The Hall–Kier alpha value is -1.71. The van der Waals surface area contributed by atoms with Gasteiger partial charge in [-0.25, -0.2) is 4.98 Å². The molecule has 2 aliphatic heterocycles. The second-order valence-electron chi connectivity index (χ2n) is 5.94. The zero-order valence-corrected chi connectivity index (χ0v) is 11.4. The lowest BCUT2D eigenvalue weighted by Gasteiger charge is -2.34. The highest BCUT2D eigenvalue weighted by Gasteiger charge is 2.35. The minimum absolute atomic E-state index is 0.625. The molecule has 0 unspecified atom stereocenters. The van der Waals surface area contributed by atoms with Gasteiger partial charge in [-0.3, -0.25) is 0 Å². The van der Waals surface area contributed by atoms with Crippen LogP contribution in [-0.2, 0) is 0 Å². The van der Waals surface area contributed by atoms with Gasteiger partial charge in [-0.2, -0.15) is 0 Å². The van der Waals surface area contributed by atoms with Crippen molar-refractivity contribution in [2.75, 3.05) is 29.9 Å². The number of likely N-dealkylation sites (N-methyl/N-ethyl adjacent to an activating group) is 1. The van der Waals surface area contributed by atoms with Crippen molar-refractivity contribution in [2.24, 2.45) is 0 Å². The van der Waals surface area contributed by atoms with Crippen LogP contribution in [0.25, 0.3) is 5.70 Å². The zero-order chi connectivity index (χ0) is 13.0. The van der Waals surface area contributed by atoms with Crippen molar-refractivity contribution in [3.63, 3.8) is 0 Å². The molecule has 4 heteroatoms. The molecule has 1 aromatic heterocycles. The van der Waals surface area contributed by atoms with Gasteiger partial charge in [0.05, 0.1) is 17.1 Å². The number of rotatable bonds is 3. The van der Waals surface area contributed by atoms with Gasteiger partial charge in [0.15, 0.2) is 5.82 Å². The Balaban J connectivity index is 1.67. The van der Waals surface area contributed by atoms with Crippen LogP contribution >= 0.6 is 0 Å². The largest absolute Gasteiger partial charge is 0.381 e. The van der Waals surface area contributed by atoms with Crippen LogP contribution in [0, 0.1) is 0 Å². The molecule has 0 spiro atoms. The first-order chi connectivity index (χ1) is 9.22. The molecular formula is C15H20N4. The van der Waals surface area contributed by atoms with Crippen molar-refractivity contribution in [1.82, 2.24) is 10.3 Å². The molecule has 2 bridgehead atoms. The van der Waals surface area contributed by atoms with Crippen LogP contribution in [0.4, 0.5) is 11.5 Å². The molecule has 1 atom stereocenters. The molecule has 1 saturated heterocycles.